The van der Waals surface area contributed by atoms with Crippen LogP contribution in [0.3, 0.4) is 0 Å². The number of alkyl halides is 3. The van der Waals surface area contributed by atoms with Crippen LogP contribution in [0, 0.1) is 5.41 Å². The lowest BCUT2D eigenvalue weighted by molar-refractivity contribution is -0.137. The zero-order chi connectivity index (χ0) is 16.8. The minimum Gasteiger partial charge on any atom is -0.330 e. The van der Waals surface area contributed by atoms with E-state index in [4.69, 9.17) is 17.3 Å². The molecule has 2 rings (SSSR count). The molecule has 0 amide bonds. The number of benzene rings is 1. The molecule has 1 aromatic carbocycles. The second-order valence-corrected chi connectivity index (χ2v) is 8.15. The highest BCUT2D eigenvalue weighted by Crippen LogP contribution is 2.36. The predicted octanol–water partition coefficient (Wildman–Crippen LogP) is 2.72. The molecule has 9 heteroatoms. The van der Waals surface area contributed by atoms with Gasteiger partial charge in [0.15, 0.2) is 0 Å². The summed E-state index contributed by atoms with van der Waals surface area (Å²) >= 11 is 5.65. The minimum atomic E-state index is -4.66. The molecule has 1 fully saturated rings. The third kappa shape index (κ3) is 3.40. The topological polar surface area (TPSA) is 63.4 Å². The Morgan fingerprint density at radius 1 is 1.36 bits per heavy atom. The van der Waals surface area contributed by atoms with Crippen molar-refractivity contribution in [1.82, 2.24) is 4.31 Å². The van der Waals surface area contributed by atoms with E-state index in [-0.39, 0.29) is 23.5 Å². The average Bonchev–Trinajstić information content (AvgIpc) is 2.81. The monoisotopic (exact) mass is 356 g/mol. The number of rotatable bonds is 3. The van der Waals surface area contributed by atoms with Crippen LogP contribution >= 0.6 is 11.6 Å². The average molecular weight is 357 g/mol. The van der Waals surface area contributed by atoms with Crippen LogP contribution < -0.4 is 5.73 Å². The standard InChI is InChI=1S/C13H16ClF3N2O2S/c1-12(7-18)2-3-19(8-12)22(20,21)11-5-9(13(15,16)17)4-10(14)6-11/h4-6H,2-3,7-8,18H2,1H3. The molecule has 0 spiro atoms. The summed E-state index contributed by atoms with van der Waals surface area (Å²) in [6, 6.07) is 2.35. The number of sulfonamides is 1. The van der Waals surface area contributed by atoms with Gasteiger partial charge in [-0.05, 0) is 36.6 Å². The molecule has 4 nitrogen and oxygen atoms in total. The molecule has 0 radical (unpaired) electrons. The van der Waals surface area contributed by atoms with Crippen molar-refractivity contribution < 1.29 is 21.6 Å². The van der Waals surface area contributed by atoms with Crippen molar-refractivity contribution in [3.63, 3.8) is 0 Å². The summed E-state index contributed by atoms with van der Waals surface area (Å²) in [7, 11) is -4.03. The number of halogens is 4. The quantitative estimate of drug-likeness (QED) is 0.905. The highest BCUT2D eigenvalue weighted by Gasteiger charge is 2.40. The highest BCUT2D eigenvalue weighted by molar-refractivity contribution is 7.89. The van der Waals surface area contributed by atoms with Crippen LogP contribution in [-0.4, -0.2) is 32.4 Å². The van der Waals surface area contributed by atoms with E-state index < -0.39 is 26.7 Å². The number of hydrogen-bond donors (Lipinski definition) is 1. The SMILES string of the molecule is CC1(CN)CCN(S(=O)(=O)c2cc(Cl)cc(C(F)(F)F)c2)C1. The third-order valence-electron chi connectivity index (χ3n) is 3.85. The van der Waals surface area contributed by atoms with Crippen molar-refractivity contribution in [2.75, 3.05) is 19.6 Å². The van der Waals surface area contributed by atoms with Gasteiger partial charge in [-0.15, -0.1) is 0 Å². The Balaban J connectivity index is 2.41. The third-order valence-corrected chi connectivity index (χ3v) is 5.89. The van der Waals surface area contributed by atoms with Gasteiger partial charge in [0.05, 0.1) is 10.5 Å². The number of nitrogens with two attached hydrogens (primary N) is 1. The van der Waals surface area contributed by atoms with Gasteiger partial charge in [0.1, 0.15) is 0 Å². The fraction of sp³-hybridized carbons (Fsp3) is 0.538. The van der Waals surface area contributed by atoms with E-state index in [1.807, 2.05) is 6.92 Å². The normalized spacial score (nSPS) is 23.9. The fourth-order valence-electron chi connectivity index (χ4n) is 2.37. The zero-order valence-electron chi connectivity index (χ0n) is 11.8. The molecule has 1 aromatic rings. The van der Waals surface area contributed by atoms with Gasteiger partial charge in [-0.2, -0.15) is 17.5 Å². The second kappa shape index (κ2) is 5.67. The van der Waals surface area contributed by atoms with Gasteiger partial charge in [-0.3, -0.25) is 0 Å². The maximum absolute atomic E-state index is 12.8. The van der Waals surface area contributed by atoms with Gasteiger partial charge in [0, 0.05) is 18.1 Å². The van der Waals surface area contributed by atoms with Gasteiger partial charge in [-0.1, -0.05) is 18.5 Å². The Hall–Kier alpha value is -0.830. The van der Waals surface area contributed by atoms with Crippen molar-refractivity contribution in [3.05, 3.63) is 28.8 Å². The summed E-state index contributed by atoms with van der Waals surface area (Å²) in [6.45, 7) is 2.56. The minimum absolute atomic E-state index is 0.180. The van der Waals surface area contributed by atoms with Crippen LogP contribution in [0.2, 0.25) is 5.02 Å². The molecule has 1 aliphatic heterocycles. The van der Waals surface area contributed by atoms with Gasteiger partial charge >= 0.3 is 6.18 Å². The molecule has 22 heavy (non-hydrogen) atoms. The van der Waals surface area contributed by atoms with Crippen molar-refractivity contribution in [2.24, 2.45) is 11.1 Å². The molecule has 1 aliphatic rings. The van der Waals surface area contributed by atoms with E-state index in [0.29, 0.717) is 25.1 Å². The van der Waals surface area contributed by atoms with Crippen LogP contribution in [-0.2, 0) is 16.2 Å². The second-order valence-electron chi connectivity index (χ2n) is 5.78. The van der Waals surface area contributed by atoms with Gasteiger partial charge in [-0.25, -0.2) is 8.42 Å². The molecule has 1 unspecified atom stereocenters. The lowest BCUT2D eigenvalue weighted by atomic mass is 9.90. The van der Waals surface area contributed by atoms with E-state index in [0.717, 1.165) is 10.4 Å². The van der Waals surface area contributed by atoms with Crippen LogP contribution in [0.15, 0.2) is 23.1 Å². The molecule has 1 heterocycles. The van der Waals surface area contributed by atoms with E-state index in [9.17, 15) is 21.6 Å². The van der Waals surface area contributed by atoms with E-state index in [1.54, 1.807) is 0 Å². The van der Waals surface area contributed by atoms with Crippen molar-refractivity contribution >= 4 is 21.6 Å². The Morgan fingerprint density at radius 2 is 2.00 bits per heavy atom. The number of hydrogen-bond acceptors (Lipinski definition) is 3. The van der Waals surface area contributed by atoms with Gasteiger partial charge < -0.3 is 5.73 Å². The van der Waals surface area contributed by atoms with Crippen LogP contribution in [0.1, 0.15) is 18.9 Å². The van der Waals surface area contributed by atoms with E-state index in [1.165, 1.54) is 0 Å². The first-order chi connectivity index (χ1) is 9.98. The number of nitrogens with zero attached hydrogens (tertiary/aromatic N) is 1. The Morgan fingerprint density at radius 3 is 2.50 bits per heavy atom. The first-order valence-corrected chi connectivity index (χ1v) is 8.38. The lowest BCUT2D eigenvalue weighted by Gasteiger charge is -2.22. The summed E-state index contributed by atoms with van der Waals surface area (Å²) < 4.78 is 64.6. The Bertz CT molecular complexity index is 678. The Kier molecular flexibility index (Phi) is 4.51. The maximum Gasteiger partial charge on any atom is 0.416 e. The lowest BCUT2D eigenvalue weighted by Crippen LogP contribution is -2.34. The van der Waals surface area contributed by atoms with Crippen molar-refractivity contribution in [2.45, 2.75) is 24.4 Å². The van der Waals surface area contributed by atoms with Crippen LogP contribution in [0.5, 0.6) is 0 Å². The molecule has 0 bridgehead atoms. The first kappa shape index (κ1) is 17.5. The maximum atomic E-state index is 12.8. The first-order valence-electron chi connectivity index (χ1n) is 6.56. The summed E-state index contributed by atoms with van der Waals surface area (Å²) in [4.78, 5) is -0.450. The molecule has 124 valence electrons. The van der Waals surface area contributed by atoms with E-state index >= 15 is 0 Å². The van der Waals surface area contributed by atoms with Crippen LogP contribution in [0.25, 0.3) is 0 Å². The molecular formula is C13H16ClF3N2O2S. The van der Waals surface area contributed by atoms with E-state index in [2.05, 4.69) is 0 Å². The molecule has 0 aliphatic carbocycles. The van der Waals surface area contributed by atoms with Gasteiger partial charge in [0.25, 0.3) is 0 Å². The summed E-state index contributed by atoms with van der Waals surface area (Å²) in [5.74, 6) is 0. The smallest absolute Gasteiger partial charge is 0.330 e. The highest BCUT2D eigenvalue weighted by atomic mass is 35.5. The molecule has 0 saturated carbocycles. The summed E-state index contributed by atoms with van der Waals surface area (Å²) in [6.07, 6.45) is -4.10. The molecular weight excluding hydrogens is 341 g/mol. The predicted molar refractivity (Wildman–Crippen MR) is 77.0 cm³/mol. The molecule has 2 N–H and O–H groups in total. The van der Waals surface area contributed by atoms with Crippen LogP contribution in [0.4, 0.5) is 13.2 Å². The molecule has 1 saturated heterocycles. The van der Waals surface area contributed by atoms with Crippen molar-refractivity contribution in [1.29, 1.82) is 0 Å². The molecule has 1 atom stereocenters. The fourth-order valence-corrected chi connectivity index (χ4v) is 4.34. The van der Waals surface area contributed by atoms with Crippen molar-refractivity contribution in [3.8, 4) is 0 Å². The Labute approximate surface area is 132 Å². The zero-order valence-corrected chi connectivity index (χ0v) is 13.4. The van der Waals surface area contributed by atoms with Gasteiger partial charge in [0.2, 0.25) is 10.0 Å². The largest absolute Gasteiger partial charge is 0.416 e. The summed E-state index contributed by atoms with van der Waals surface area (Å²) in [5.41, 5.74) is 4.18. The summed E-state index contributed by atoms with van der Waals surface area (Å²) in [5, 5.41) is -0.269. The molecule has 0 aromatic heterocycles.